The Morgan fingerprint density at radius 3 is 2.59 bits per heavy atom. The number of rotatable bonds is 5. The van der Waals surface area contributed by atoms with Crippen LogP contribution < -0.4 is 0 Å². The van der Waals surface area contributed by atoms with Crippen LogP contribution in [-0.2, 0) is 20.5 Å². The van der Waals surface area contributed by atoms with Gasteiger partial charge in [0, 0.05) is 13.1 Å². The maximum absolute atomic E-state index is 13.3. The van der Waals surface area contributed by atoms with E-state index >= 15 is 0 Å². The minimum atomic E-state index is -4.46. The monoisotopic (exact) mass is 430 g/mol. The van der Waals surface area contributed by atoms with Gasteiger partial charge in [0.25, 0.3) is 0 Å². The van der Waals surface area contributed by atoms with E-state index in [0.717, 1.165) is 12.1 Å². The van der Waals surface area contributed by atoms with Gasteiger partial charge in [0.05, 0.1) is 24.5 Å². The van der Waals surface area contributed by atoms with Gasteiger partial charge < -0.3 is 14.5 Å². The van der Waals surface area contributed by atoms with Crippen LogP contribution in [0.15, 0.2) is 24.3 Å². The number of hydrogen-bond donors (Lipinski definition) is 0. The fraction of sp³-hybridized carbons (Fsp3) is 0.600. The van der Waals surface area contributed by atoms with Gasteiger partial charge in [-0.3, -0.25) is 9.59 Å². The Morgan fingerprint density at radius 1 is 1.28 bits per heavy atom. The number of nitrogens with zero attached hydrogens (tertiary/aromatic N) is 2. The summed E-state index contributed by atoms with van der Waals surface area (Å²) in [5, 5.41) is -0.612. The molecule has 29 heavy (non-hydrogen) atoms. The van der Waals surface area contributed by atoms with E-state index in [1.807, 2.05) is 13.8 Å². The van der Waals surface area contributed by atoms with Gasteiger partial charge >= 0.3 is 6.18 Å². The predicted molar refractivity (Wildman–Crippen MR) is 104 cm³/mol. The van der Waals surface area contributed by atoms with E-state index in [9.17, 15) is 22.8 Å². The summed E-state index contributed by atoms with van der Waals surface area (Å²) in [5.74, 6) is -0.0867. The highest BCUT2D eigenvalue weighted by Gasteiger charge is 2.43. The Hall–Kier alpha value is -1.74. The highest BCUT2D eigenvalue weighted by atomic mass is 32.2. The Morgan fingerprint density at radius 2 is 1.97 bits per heavy atom. The quantitative estimate of drug-likeness (QED) is 0.717. The average Bonchev–Trinajstić information content (AvgIpc) is 3.07. The number of benzene rings is 1. The van der Waals surface area contributed by atoms with Crippen molar-refractivity contribution < 1.29 is 27.5 Å². The number of carbonyl (C=O) groups is 2. The Kier molecular flexibility index (Phi) is 6.78. The number of carbonyl (C=O) groups excluding carboxylic acids is 2. The molecule has 0 saturated carbocycles. The van der Waals surface area contributed by atoms with Crippen molar-refractivity contribution in [3.63, 3.8) is 0 Å². The highest BCUT2D eigenvalue weighted by Crippen LogP contribution is 2.43. The normalized spacial score (nSPS) is 21.7. The molecule has 2 atom stereocenters. The predicted octanol–water partition coefficient (Wildman–Crippen LogP) is 3.55. The van der Waals surface area contributed by atoms with Crippen molar-refractivity contribution in [3.8, 4) is 0 Å². The van der Waals surface area contributed by atoms with Crippen LogP contribution >= 0.6 is 11.8 Å². The minimum Gasteiger partial charge on any atom is -0.378 e. The lowest BCUT2D eigenvalue weighted by atomic mass is 9.99. The maximum Gasteiger partial charge on any atom is 0.416 e. The van der Waals surface area contributed by atoms with Crippen molar-refractivity contribution in [3.05, 3.63) is 35.4 Å². The van der Waals surface area contributed by atoms with Crippen molar-refractivity contribution in [2.24, 2.45) is 5.92 Å². The second-order valence-corrected chi connectivity index (χ2v) is 8.74. The molecule has 9 heteroatoms. The van der Waals surface area contributed by atoms with Gasteiger partial charge in [0.15, 0.2) is 0 Å². The molecule has 0 aromatic heterocycles. The van der Waals surface area contributed by atoms with Gasteiger partial charge in [0.2, 0.25) is 11.8 Å². The van der Waals surface area contributed by atoms with Crippen molar-refractivity contribution in [2.75, 3.05) is 32.1 Å². The summed E-state index contributed by atoms with van der Waals surface area (Å²) >= 11 is 1.26. The third-order valence-electron chi connectivity index (χ3n) is 5.04. The van der Waals surface area contributed by atoms with Gasteiger partial charge in [-0.25, -0.2) is 0 Å². The minimum absolute atomic E-state index is 0.144. The van der Waals surface area contributed by atoms with Crippen molar-refractivity contribution in [1.29, 1.82) is 0 Å². The third-order valence-corrected chi connectivity index (χ3v) is 6.27. The van der Waals surface area contributed by atoms with E-state index in [2.05, 4.69) is 0 Å². The smallest absolute Gasteiger partial charge is 0.378 e. The summed E-state index contributed by atoms with van der Waals surface area (Å²) in [6, 6.07) is 4.33. The number of halogens is 3. The van der Waals surface area contributed by atoms with E-state index in [4.69, 9.17) is 4.74 Å². The molecule has 2 aliphatic rings. The van der Waals surface area contributed by atoms with Crippen molar-refractivity contribution >= 4 is 23.6 Å². The van der Waals surface area contributed by atoms with Gasteiger partial charge in [-0.05, 0) is 30.0 Å². The summed E-state index contributed by atoms with van der Waals surface area (Å²) in [7, 11) is 0. The molecule has 2 unspecified atom stereocenters. The Bertz CT molecular complexity index is 751. The molecule has 5 nitrogen and oxygen atoms in total. The fourth-order valence-electron chi connectivity index (χ4n) is 3.67. The van der Waals surface area contributed by atoms with Crippen LogP contribution in [0.4, 0.5) is 13.2 Å². The number of amides is 2. The molecule has 2 heterocycles. The van der Waals surface area contributed by atoms with Gasteiger partial charge in [-0.15, -0.1) is 11.8 Å². The van der Waals surface area contributed by atoms with Gasteiger partial charge in [-0.2, -0.15) is 13.2 Å². The zero-order valence-corrected chi connectivity index (χ0v) is 17.3. The molecular formula is C20H25F3N2O3S. The summed E-state index contributed by atoms with van der Waals surface area (Å²) in [6.45, 7) is 5.73. The summed E-state index contributed by atoms with van der Waals surface area (Å²) < 4.78 is 44.8. The summed E-state index contributed by atoms with van der Waals surface area (Å²) in [6.07, 6.45) is -4.01. The first-order valence-electron chi connectivity index (χ1n) is 9.65. The van der Waals surface area contributed by atoms with Crippen LogP contribution in [0.3, 0.4) is 0 Å². The zero-order chi connectivity index (χ0) is 21.2. The molecule has 0 bridgehead atoms. The molecule has 1 aromatic carbocycles. The van der Waals surface area contributed by atoms with E-state index in [-0.39, 0.29) is 23.5 Å². The molecule has 2 aliphatic heterocycles. The third kappa shape index (κ3) is 5.06. The molecule has 0 spiro atoms. The Labute approximate surface area is 172 Å². The molecule has 2 amide bonds. The standard InChI is InChI=1S/C20H25F3N2O3S/c1-13(2)10-16(18(27)24-6-8-28-9-7-24)25-17(26)12-29-19(25)14-4-3-5-15(11-14)20(21,22)23/h3-5,11,13,16,19H,6-10,12H2,1-2H3. The lowest BCUT2D eigenvalue weighted by Crippen LogP contribution is -2.53. The summed E-state index contributed by atoms with van der Waals surface area (Å²) in [5.41, 5.74) is -0.367. The molecule has 1 aromatic rings. The van der Waals surface area contributed by atoms with Crippen LogP contribution in [-0.4, -0.2) is 59.7 Å². The molecule has 0 N–H and O–H groups in total. The van der Waals surface area contributed by atoms with Gasteiger partial charge in [0.1, 0.15) is 11.4 Å². The molecule has 2 saturated heterocycles. The maximum atomic E-state index is 13.3. The fourth-order valence-corrected chi connectivity index (χ4v) is 4.89. The van der Waals surface area contributed by atoms with Crippen LogP contribution in [0.25, 0.3) is 0 Å². The largest absolute Gasteiger partial charge is 0.416 e. The topological polar surface area (TPSA) is 49.9 Å². The lowest BCUT2D eigenvalue weighted by molar-refractivity contribution is -0.148. The number of thioether (sulfide) groups is 1. The highest BCUT2D eigenvalue weighted by molar-refractivity contribution is 8.00. The number of morpholine rings is 1. The molecule has 0 radical (unpaired) electrons. The van der Waals surface area contributed by atoms with Crippen LogP contribution in [0.5, 0.6) is 0 Å². The van der Waals surface area contributed by atoms with Crippen LogP contribution in [0.2, 0.25) is 0 Å². The first-order valence-corrected chi connectivity index (χ1v) is 10.7. The van der Waals surface area contributed by atoms with Crippen LogP contribution in [0, 0.1) is 5.92 Å². The Balaban J connectivity index is 1.92. The van der Waals surface area contributed by atoms with E-state index in [0.29, 0.717) is 38.3 Å². The van der Waals surface area contributed by atoms with Crippen molar-refractivity contribution in [1.82, 2.24) is 9.80 Å². The number of alkyl halides is 3. The number of hydrogen-bond acceptors (Lipinski definition) is 4. The molecule has 0 aliphatic carbocycles. The zero-order valence-electron chi connectivity index (χ0n) is 16.4. The average molecular weight is 430 g/mol. The molecule has 2 fully saturated rings. The number of ether oxygens (including phenoxy) is 1. The van der Waals surface area contributed by atoms with E-state index < -0.39 is 23.2 Å². The SMILES string of the molecule is CC(C)CC(C(=O)N1CCOCC1)N1C(=O)CSC1c1cccc(C(F)(F)F)c1. The second kappa shape index (κ2) is 8.95. The van der Waals surface area contributed by atoms with Crippen molar-refractivity contribution in [2.45, 2.75) is 37.9 Å². The molecule has 160 valence electrons. The van der Waals surface area contributed by atoms with Crippen LogP contribution in [0.1, 0.15) is 36.8 Å². The lowest BCUT2D eigenvalue weighted by Gasteiger charge is -2.37. The first kappa shape index (κ1) is 22.0. The van der Waals surface area contributed by atoms with E-state index in [1.54, 1.807) is 11.0 Å². The molecular weight excluding hydrogens is 405 g/mol. The van der Waals surface area contributed by atoms with E-state index in [1.165, 1.54) is 22.7 Å². The molecule has 3 rings (SSSR count). The second-order valence-electron chi connectivity index (χ2n) is 7.67. The first-order chi connectivity index (χ1) is 13.7. The summed E-state index contributed by atoms with van der Waals surface area (Å²) in [4.78, 5) is 29.2. The van der Waals surface area contributed by atoms with Gasteiger partial charge in [-0.1, -0.05) is 26.0 Å².